The highest BCUT2D eigenvalue weighted by Gasteiger charge is 2.53. The van der Waals surface area contributed by atoms with Crippen molar-refractivity contribution in [3.8, 4) is 22.3 Å². The minimum atomic E-state index is -0.444. The van der Waals surface area contributed by atoms with Crippen LogP contribution in [0, 0.1) is 0 Å². The van der Waals surface area contributed by atoms with Crippen LogP contribution in [0.3, 0.4) is 0 Å². The molecule has 1 heterocycles. The first kappa shape index (κ1) is 32.6. The van der Waals surface area contributed by atoms with Gasteiger partial charge in [0.2, 0.25) is 0 Å². The average molecular weight is 718 g/mol. The standard InChI is InChI=1S/C53H39N3/c1-52(2)43-29-11-13-31-45(43)53(46-32-14-12-30-44(46)52)42-28-10-9-22-41(42)48-39(26-17-33-47(48)53)37-24-15-25-38-36(37)23-16-27-40(38)51-55-49(34-18-5-3-6-19-34)54-50(56-51)35-20-7-4-8-21-35/h3-33,49H,1-2H3,(H,54,55,56). The van der Waals surface area contributed by atoms with E-state index in [9.17, 15) is 0 Å². The Morgan fingerprint density at radius 3 is 1.57 bits per heavy atom. The molecule has 266 valence electrons. The number of benzene rings is 8. The van der Waals surface area contributed by atoms with Crippen molar-refractivity contribution in [2.24, 2.45) is 9.98 Å². The van der Waals surface area contributed by atoms with Crippen molar-refractivity contribution in [1.82, 2.24) is 5.32 Å². The number of nitrogens with one attached hydrogen (secondary N) is 1. The van der Waals surface area contributed by atoms with Crippen molar-refractivity contribution >= 4 is 22.4 Å². The van der Waals surface area contributed by atoms with Gasteiger partial charge in [0.15, 0.2) is 6.17 Å². The number of rotatable bonds is 4. The van der Waals surface area contributed by atoms with Crippen LogP contribution in [-0.4, -0.2) is 11.7 Å². The first-order valence-electron chi connectivity index (χ1n) is 19.5. The lowest BCUT2D eigenvalue weighted by Crippen LogP contribution is -2.40. The molecule has 0 bridgehead atoms. The first-order valence-corrected chi connectivity index (χ1v) is 19.5. The van der Waals surface area contributed by atoms with Crippen LogP contribution < -0.4 is 5.32 Å². The summed E-state index contributed by atoms with van der Waals surface area (Å²) in [4.78, 5) is 10.4. The quantitative estimate of drug-likeness (QED) is 0.193. The van der Waals surface area contributed by atoms with E-state index in [1.165, 1.54) is 61.0 Å². The Morgan fingerprint density at radius 1 is 0.393 bits per heavy atom. The largest absolute Gasteiger partial charge is 0.324 e. The topological polar surface area (TPSA) is 36.8 Å². The zero-order valence-electron chi connectivity index (χ0n) is 31.4. The minimum Gasteiger partial charge on any atom is -0.324 e. The second kappa shape index (κ2) is 12.3. The summed E-state index contributed by atoms with van der Waals surface area (Å²) in [5.74, 6) is 1.63. The van der Waals surface area contributed by atoms with E-state index < -0.39 is 5.41 Å². The van der Waals surface area contributed by atoms with Crippen LogP contribution in [-0.2, 0) is 10.8 Å². The van der Waals surface area contributed by atoms with Crippen LogP contribution in [0.5, 0.6) is 0 Å². The molecule has 1 atom stereocenters. The molecule has 3 aliphatic rings. The maximum absolute atomic E-state index is 5.27. The number of hydrogen-bond donors (Lipinski definition) is 1. The molecule has 1 aliphatic heterocycles. The molecule has 2 aliphatic carbocycles. The first-order chi connectivity index (χ1) is 27.5. The Kier molecular flexibility index (Phi) is 7.18. The van der Waals surface area contributed by atoms with Gasteiger partial charge in [-0.2, -0.15) is 0 Å². The molecule has 8 aromatic rings. The van der Waals surface area contributed by atoms with Crippen LogP contribution >= 0.6 is 0 Å². The molecule has 0 aromatic heterocycles. The van der Waals surface area contributed by atoms with Crippen LogP contribution in [0.15, 0.2) is 198 Å². The third-order valence-corrected chi connectivity index (χ3v) is 12.4. The van der Waals surface area contributed by atoms with Gasteiger partial charge < -0.3 is 5.32 Å². The van der Waals surface area contributed by atoms with Crippen molar-refractivity contribution in [3.05, 3.63) is 238 Å². The number of hydrogen-bond acceptors (Lipinski definition) is 3. The fourth-order valence-corrected chi connectivity index (χ4v) is 9.99. The molecule has 3 heteroatoms. The van der Waals surface area contributed by atoms with Gasteiger partial charge in [-0.15, -0.1) is 0 Å². The van der Waals surface area contributed by atoms with Gasteiger partial charge in [0.25, 0.3) is 0 Å². The molecule has 0 saturated carbocycles. The summed E-state index contributed by atoms with van der Waals surface area (Å²) in [5.41, 5.74) is 15.8. The fourth-order valence-electron chi connectivity index (χ4n) is 9.99. The predicted molar refractivity (Wildman–Crippen MR) is 231 cm³/mol. The van der Waals surface area contributed by atoms with E-state index in [4.69, 9.17) is 9.98 Å². The smallest absolute Gasteiger partial charge is 0.169 e. The SMILES string of the molecule is CC1(C)c2ccccc2C2(c3ccccc3-c3c(-c4cccc5c(C6=NC(c7ccccc7)N=C(c7ccccc7)N6)cccc45)cccc32)c2ccccc21. The molecule has 0 fully saturated rings. The van der Waals surface area contributed by atoms with Crippen LogP contribution in [0.25, 0.3) is 33.0 Å². The number of fused-ring (bicyclic) bond motifs is 10. The maximum Gasteiger partial charge on any atom is 0.169 e. The van der Waals surface area contributed by atoms with E-state index in [0.717, 1.165) is 33.7 Å². The second-order valence-corrected chi connectivity index (χ2v) is 15.7. The molecule has 56 heavy (non-hydrogen) atoms. The summed E-state index contributed by atoms with van der Waals surface area (Å²) in [6.45, 7) is 4.76. The molecule has 1 unspecified atom stereocenters. The third-order valence-electron chi connectivity index (χ3n) is 12.4. The van der Waals surface area contributed by atoms with Gasteiger partial charge in [-0.1, -0.05) is 202 Å². The highest BCUT2D eigenvalue weighted by molar-refractivity contribution is 6.21. The summed E-state index contributed by atoms with van der Waals surface area (Å²) in [6, 6.07) is 68.5. The Balaban J connectivity index is 1.13. The minimum absolute atomic E-state index is 0.139. The van der Waals surface area contributed by atoms with E-state index in [2.05, 4.69) is 195 Å². The van der Waals surface area contributed by atoms with E-state index in [-0.39, 0.29) is 11.6 Å². The monoisotopic (exact) mass is 717 g/mol. The summed E-state index contributed by atoms with van der Waals surface area (Å²) in [6.07, 6.45) is -0.364. The van der Waals surface area contributed by atoms with Crippen LogP contribution in [0.4, 0.5) is 0 Å². The van der Waals surface area contributed by atoms with Crippen molar-refractivity contribution in [2.45, 2.75) is 30.8 Å². The maximum atomic E-state index is 5.27. The van der Waals surface area contributed by atoms with Gasteiger partial charge in [0.1, 0.15) is 11.7 Å². The zero-order valence-corrected chi connectivity index (χ0v) is 31.4. The molecular weight excluding hydrogens is 679 g/mol. The van der Waals surface area contributed by atoms with E-state index in [0.29, 0.717) is 0 Å². The molecule has 1 spiro atoms. The van der Waals surface area contributed by atoms with Crippen LogP contribution in [0.1, 0.15) is 70.1 Å². The molecule has 3 nitrogen and oxygen atoms in total. The average Bonchev–Trinajstić information content (AvgIpc) is 3.57. The Labute approximate surface area is 327 Å². The van der Waals surface area contributed by atoms with Gasteiger partial charge in [0.05, 0.1) is 5.41 Å². The number of aliphatic imine (C=N–C) groups is 2. The predicted octanol–water partition coefficient (Wildman–Crippen LogP) is 12.0. The summed E-state index contributed by atoms with van der Waals surface area (Å²) in [7, 11) is 0. The molecule has 1 N–H and O–H groups in total. The summed E-state index contributed by atoms with van der Waals surface area (Å²) < 4.78 is 0. The molecule has 0 amide bonds. The molecule has 8 aromatic carbocycles. The Morgan fingerprint density at radius 2 is 0.875 bits per heavy atom. The number of nitrogens with zero attached hydrogens (tertiary/aromatic N) is 2. The lowest BCUT2D eigenvalue weighted by molar-refractivity contribution is 0.563. The zero-order chi connectivity index (χ0) is 37.4. The Hall–Kier alpha value is -6.84. The van der Waals surface area contributed by atoms with Gasteiger partial charge >= 0.3 is 0 Å². The van der Waals surface area contributed by atoms with Crippen LogP contribution in [0.2, 0.25) is 0 Å². The van der Waals surface area contributed by atoms with E-state index in [1.807, 2.05) is 12.1 Å². The normalized spacial score (nSPS) is 16.9. The fraction of sp³-hybridized carbons (Fsp3) is 0.0943. The highest BCUT2D eigenvalue weighted by atomic mass is 15.2. The lowest BCUT2D eigenvalue weighted by atomic mass is 9.55. The highest BCUT2D eigenvalue weighted by Crippen LogP contribution is 2.63. The van der Waals surface area contributed by atoms with Gasteiger partial charge in [-0.05, 0) is 72.0 Å². The van der Waals surface area contributed by atoms with E-state index in [1.54, 1.807) is 0 Å². The Bertz CT molecular complexity index is 2870. The second-order valence-electron chi connectivity index (χ2n) is 15.7. The van der Waals surface area contributed by atoms with Crippen molar-refractivity contribution in [2.75, 3.05) is 0 Å². The molecule has 11 rings (SSSR count). The summed E-state index contributed by atoms with van der Waals surface area (Å²) >= 11 is 0. The third kappa shape index (κ3) is 4.58. The van der Waals surface area contributed by atoms with Crippen molar-refractivity contribution in [3.63, 3.8) is 0 Å². The molecule has 0 saturated heterocycles. The number of amidine groups is 2. The van der Waals surface area contributed by atoms with E-state index >= 15 is 0 Å². The molecular formula is C53H39N3. The lowest BCUT2D eigenvalue weighted by Gasteiger charge is -2.46. The summed E-state index contributed by atoms with van der Waals surface area (Å²) in [5, 5.41) is 5.99. The van der Waals surface area contributed by atoms with Crippen molar-refractivity contribution < 1.29 is 0 Å². The van der Waals surface area contributed by atoms with Gasteiger partial charge in [0, 0.05) is 16.5 Å². The van der Waals surface area contributed by atoms with Crippen molar-refractivity contribution in [1.29, 1.82) is 0 Å². The molecule has 0 radical (unpaired) electrons. The van der Waals surface area contributed by atoms with Gasteiger partial charge in [-0.3, -0.25) is 0 Å². The van der Waals surface area contributed by atoms with Gasteiger partial charge in [-0.25, -0.2) is 9.98 Å².